The fraction of sp³-hybridized carbons (Fsp3) is 0.294. The number of aromatic nitrogens is 1. The lowest BCUT2D eigenvalue weighted by molar-refractivity contribution is 0.0740. The van der Waals surface area contributed by atoms with Gasteiger partial charge in [0.2, 0.25) is 0 Å². The molecule has 2 heterocycles. The van der Waals surface area contributed by atoms with E-state index in [1.54, 1.807) is 6.20 Å². The van der Waals surface area contributed by atoms with E-state index in [9.17, 15) is 4.79 Å². The predicted octanol–water partition coefficient (Wildman–Crippen LogP) is 3.41. The van der Waals surface area contributed by atoms with Crippen molar-refractivity contribution in [1.29, 1.82) is 0 Å². The molecule has 0 aliphatic carbocycles. The molecule has 106 valence electrons. The predicted molar refractivity (Wildman–Crippen MR) is 84.2 cm³/mol. The Morgan fingerprint density at radius 3 is 2.81 bits per heavy atom. The summed E-state index contributed by atoms with van der Waals surface area (Å²) in [5.74, 6) is 2.71. The number of thiazole rings is 1. The lowest BCUT2D eigenvalue weighted by Crippen LogP contribution is -2.29. The highest BCUT2D eigenvalue weighted by Gasteiger charge is 2.31. The highest BCUT2D eigenvalue weighted by atomic mass is 32.1. The van der Waals surface area contributed by atoms with E-state index in [0.29, 0.717) is 0 Å². The number of benzene rings is 1. The van der Waals surface area contributed by atoms with Crippen LogP contribution in [-0.2, 0) is 0 Å². The molecule has 1 aromatic carbocycles. The number of carbonyl (C=O) groups excluding carboxylic acids is 1. The van der Waals surface area contributed by atoms with Crippen LogP contribution < -0.4 is 0 Å². The van der Waals surface area contributed by atoms with Crippen molar-refractivity contribution in [3.63, 3.8) is 0 Å². The maximum atomic E-state index is 12.6. The number of aryl methyl sites for hydroxylation is 1. The van der Waals surface area contributed by atoms with Crippen molar-refractivity contribution < 1.29 is 4.79 Å². The maximum absolute atomic E-state index is 12.6. The Hall–Kier alpha value is -2.12. The van der Waals surface area contributed by atoms with E-state index in [-0.39, 0.29) is 11.9 Å². The summed E-state index contributed by atoms with van der Waals surface area (Å²) in [5.41, 5.74) is 2.02. The van der Waals surface area contributed by atoms with Crippen molar-refractivity contribution in [2.75, 3.05) is 6.54 Å². The Kier molecular flexibility index (Phi) is 3.76. The van der Waals surface area contributed by atoms with Gasteiger partial charge in [-0.05, 0) is 37.5 Å². The first-order valence-electron chi connectivity index (χ1n) is 6.99. The zero-order valence-electron chi connectivity index (χ0n) is 11.9. The molecule has 1 amide bonds. The van der Waals surface area contributed by atoms with E-state index < -0.39 is 0 Å². The summed E-state index contributed by atoms with van der Waals surface area (Å²) >= 11 is 1.46. The molecule has 0 saturated carbocycles. The Bertz CT molecular complexity index is 696. The standard InChI is InChI=1S/C17H16N2OS/c1-3-13-6-8-14(9-7-13)15-5-4-10-19(15)17(20)16-11-18-12(2)21-16/h1,6-9,11,15H,4-5,10H2,2H3. The molecular weight excluding hydrogens is 280 g/mol. The Morgan fingerprint density at radius 2 is 2.19 bits per heavy atom. The number of hydrogen-bond donors (Lipinski definition) is 0. The van der Waals surface area contributed by atoms with Crippen LogP contribution in [0.2, 0.25) is 0 Å². The molecule has 1 atom stereocenters. The molecule has 3 rings (SSSR count). The summed E-state index contributed by atoms with van der Waals surface area (Å²) in [4.78, 5) is 19.5. The molecule has 21 heavy (non-hydrogen) atoms. The highest BCUT2D eigenvalue weighted by Crippen LogP contribution is 2.33. The summed E-state index contributed by atoms with van der Waals surface area (Å²) in [5, 5.41) is 0.924. The molecule has 0 N–H and O–H groups in total. The molecular formula is C17H16N2OS. The van der Waals surface area contributed by atoms with Gasteiger partial charge in [-0.1, -0.05) is 18.1 Å². The maximum Gasteiger partial charge on any atom is 0.266 e. The number of carbonyl (C=O) groups is 1. The Morgan fingerprint density at radius 1 is 1.43 bits per heavy atom. The van der Waals surface area contributed by atoms with Crippen LogP contribution in [0.5, 0.6) is 0 Å². The van der Waals surface area contributed by atoms with Gasteiger partial charge in [0.25, 0.3) is 5.91 Å². The fourth-order valence-electron chi connectivity index (χ4n) is 2.76. The SMILES string of the molecule is C#Cc1ccc(C2CCCN2C(=O)c2cnc(C)s2)cc1. The van der Waals surface area contributed by atoms with Gasteiger partial charge in [-0.25, -0.2) is 4.98 Å². The van der Waals surface area contributed by atoms with Gasteiger partial charge in [-0.2, -0.15) is 0 Å². The van der Waals surface area contributed by atoms with Gasteiger partial charge < -0.3 is 4.90 Å². The van der Waals surface area contributed by atoms with Gasteiger partial charge in [0.1, 0.15) is 4.88 Å². The van der Waals surface area contributed by atoms with E-state index in [0.717, 1.165) is 40.4 Å². The number of amides is 1. The number of rotatable bonds is 2. The van der Waals surface area contributed by atoms with Crippen LogP contribution >= 0.6 is 11.3 Å². The third kappa shape index (κ3) is 2.70. The van der Waals surface area contributed by atoms with Crippen LogP contribution in [0, 0.1) is 19.3 Å². The van der Waals surface area contributed by atoms with Gasteiger partial charge in [0, 0.05) is 12.1 Å². The van der Waals surface area contributed by atoms with Crippen LogP contribution in [0.15, 0.2) is 30.5 Å². The lowest BCUT2D eigenvalue weighted by atomic mass is 10.0. The third-order valence-corrected chi connectivity index (χ3v) is 4.71. The summed E-state index contributed by atoms with van der Waals surface area (Å²) in [6.07, 6.45) is 9.10. The number of nitrogens with zero attached hydrogens (tertiary/aromatic N) is 2. The summed E-state index contributed by atoms with van der Waals surface area (Å²) in [6.45, 7) is 2.72. The molecule has 1 aliphatic heterocycles. The molecule has 4 heteroatoms. The molecule has 1 aliphatic rings. The van der Waals surface area contributed by atoms with Crippen LogP contribution in [-0.4, -0.2) is 22.3 Å². The monoisotopic (exact) mass is 296 g/mol. The Labute approximate surface area is 128 Å². The molecule has 1 saturated heterocycles. The van der Waals surface area contributed by atoms with Crippen LogP contribution in [0.1, 0.15) is 44.7 Å². The summed E-state index contributed by atoms with van der Waals surface area (Å²) in [6, 6.07) is 8.08. The molecule has 3 nitrogen and oxygen atoms in total. The zero-order chi connectivity index (χ0) is 14.8. The van der Waals surface area contributed by atoms with Crippen molar-refractivity contribution in [2.24, 2.45) is 0 Å². The smallest absolute Gasteiger partial charge is 0.266 e. The summed E-state index contributed by atoms with van der Waals surface area (Å²) in [7, 11) is 0. The molecule has 0 spiro atoms. The van der Waals surface area contributed by atoms with Gasteiger partial charge in [0.15, 0.2) is 0 Å². The van der Waals surface area contributed by atoms with E-state index in [2.05, 4.69) is 10.9 Å². The van der Waals surface area contributed by atoms with Crippen LogP contribution in [0.25, 0.3) is 0 Å². The van der Waals surface area contributed by atoms with E-state index in [1.807, 2.05) is 36.1 Å². The number of likely N-dealkylation sites (tertiary alicyclic amines) is 1. The van der Waals surface area contributed by atoms with Crippen molar-refractivity contribution >= 4 is 17.2 Å². The average molecular weight is 296 g/mol. The fourth-order valence-corrected chi connectivity index (χ4v) is 3.49. The molecule has 0 radical (unpaired) electrons. The molecule has 1 aromatic heterocycles. The Balaban J connectivity index is 1.85. The van der Waals surface area contributed by atoms with E-state index in [4.69, 9.17) is 6.42 Å². The normalized spacial score (nSPS) is 17.7. The zero-order valence-corrected chi connectivity index (χ0v) is 12.7. The van der Waals surface area contributed by atoms with Crippen molar-refractivity contribution in [3.8, 4) is 12.3 Å². The summed E-state index contributed by atoms with van der Waals surface area (Å²) < 4.78 is 0. The second kappa shape index (κ2) is 5.71. The van der Waals surface area contributed by atoms with E-state index in [1.165, 1.54) is 11.3 Å². The third-order valence-electron chi connectivity index (χ3n) is 3.81. The van der Waals surface area contributed by atoms with Gasteiger partial charge in [0.05, 0.1) is 17.2 Å². The van der Waals surface area contributed by atoms with Gasteiger partial charge in [-0.15, -0.1) is 17.8 Å². The molecule has 1 fully saturated rings. The van der Waals surface area contributed by atoms with Crippen molar-refractivity contribution in [3.05, 3.63) is 51.5 Å². The van der Waals surface area contributed by atoms with Crippen LogP contribution in [0.3, 0.4) is 0 Å². The van der Waals surface area contributed by atoms with Crippen LogP contribution in [0.4, 0.5) is 0 Å². The lowest BCUT2D eigenvalue weighted by Gasteiger charge is -2.24. The van der Waals surface area contributed by atoms with Gasteiger partial charge in [-0.3, -0.25) is 4.79 Å². The number of terminal acetylenes is 1. The highest BCUT2D eigenvalue weighted by molar-refractivity contribution is 7.13. The molecule has 0 bridgehead atoms. The van der Waals surface area contributed by atoms with Crippen molar-refractivity contribution in [2.45, 2.75) is 25.8 Å². The van der Waals surface area contributed by atoms with E-state index >= 15 is 0 Å². The quantitative estimate of drug-likeness (QED) is 0.796. The first-order chi connectivity index (χ1) is 10.2. The minimum Gasteiger partial charge on any atom is -0.331 e. The number of hydrogen-bond acceptors (Lipinski definition) is 3. The minimum atomic E-state index is 0.0872. The molecule has 2 aromatic rings. The second-order valence-corrected chi connectivity index (χ2v) is 6.40. The average Bonchev–Trinajstić information content (AvgIpc) is 3.15. The van der Waals surface area contributed by atoms with Gasteiger partial charge >= 0.3 is 0 Å². The largest absolute Gasteiger partial charge is 0.331 e. The minimum absolute atomic E-state index is 0.0872. The van der Waals surface area contributed by atoms with Crippen molar-refractivity contribution in [1.82, 2.24) is 9.88 Å². The first-order valence-corrected chi connectivity index (χ1v) is 7.80. The first kappa shape index (κ1) is 13.8. The molecule has 1 unspecified atom stereocenters. The topological polar surface area (TPSA) is 33.2 Å². The second-order valence-electron chi connectivity index (χ2n) is 5.17.